The Bertz CT molecular complexity index is 790. The lowest BCUT2D eigenvalue weighted by atomic mass is 10.1. The van der Waals surface area contributed by atoms with Crippen molar-refractivity contribution >= 4 is 27.3 Å². The minimum Gasteiger partial charge on any atom is -0.348 e. The van der Waals surface area contributed by atoms with Crippen LogP contribution in [0.15, 0.2) is 60.6 Å². The zero-order chi connectivity index (χ0) is 14.7. The van der Waals surface area contributed by atoms with Crippen molar-refractivity contribution in [2.45, 2.75) is 6.54 Å². The van der Waals surface area contributed by atoms with E-state index in [2.05, 4.69) is 46.5 Å². The summed E-state index contributed by atoms with van der Waals surface area (Å²) in [6.45, 7) is 3.88. The van der Waals surface area contributed by atoms with Crippen molar-refractivity contribution in [2.24, 2.45) is 0 Å². The van der Waals surface area contributed by atoms with Gasteiger partial charge in [0, 0.05) is 23.0 Å². The van der Waals surface area contributed by atoms with Crippen molar-refractivity contribution in [1.82, 2.24) is 10.3 Å². The summed E-state index contributed by atoms with van der Waals surface area (Å²) in [5.41, 5.74) is 3.00. The summed E-state index contributed by atoms with van der Waals surface area (Å²) in [5.74, 6) is -0.179. The van der Waals surface area contributed by atoms with Gasteiger partial charge in [0.15, 0.2) is 0 Å². The van der Waals surface area contributed by atoms with Gasteiger partial charge in [0.25, 0.3) is 0 Å². The van der Waals surface area contributed by atoms with Crippen molar-refractivity contribution < 1.29 is 4.79 Å². The monoisotopic (exact) mass is 294 g/mol. The molecule has 0 bridgehead atoms. The van der Waals surface area contributed by atoms with Gasteiger partial charge in [-0.3, -0.25) is 9.78 Å². The highest BCUT2D eigenvalue weighted by atomic mass is 32.1. The lowest BCUT2D eigenvalue weighted by Gasteiger charge is -2.05. The Kier molecular flexibility index (Phi) is 3.79. The molecule has 3 aromatic rings. The van der Waals surface area contributed by atoms with Gasteiger partial charge in [-0.1, -0.05) is 18.7 Å². The van der Waals surface area contributed by atoms with Crippen LogP contribution in [-0.4, -0.2) is 10.9 Å². The maximum atomic E-state index is 11.1. The van der Waals surface area contributed by atoms with Crippen LogP contribution in [-0.2, 0) is 11.3 Å². The molecule has 3 nitrogen and oxygen atoms in total. The average molecular weight is 294 g/mol. The third-order valence-electron chi connectivity index (χ3n) is 3.23. The molecule has 0 unspecified atom stereocenters. The molecule has 2 heterocycles. The summed E-state index contributed by atoms with van der Waals surface area (Å²) in [7, 11) is 0. The Hall–Kier alpha value is -2.46. The Labute approximate surface area is 127 Å². The lowest BCUT2D eigenvalue weighted by molar-refractivity contribution is -0.116. The summed E-state index contributed by atoms with van der Waals surface area (Å²) in [4.78, 5) is 15.6. The molecule has 0 saturated carbocycles. The molecule has 0 spiro atoms. The van der Waals surface area contributed by atoms with E-state index in [1.165, 1.54) is 16.2 Å². The first-order valence-electron chi connectivity index (χ1n) is 6.59. The first-order chi connectivity index (χ1) is 10.3. The summed E-state index contributed by atoms with van der Waals surface area (Å²) in [6, 6.07) is 12.4. The number of pyridine rings is 1. The van der Waals surface area contributed by atoms with E-state index in [1.54, 1.807) is 17.5 Å². The van der Waals surface area contributed by atoms with Gasteiger partial charge >= 0.3 is 0 Å². The van der Waals surface area contributed by atoms with E-state index in [0.717, 1.165) is 16.8 Å². The molecule has 0 aliphatic rings. The molecule has 0 radical (unpaired) electrons. The molecule has 1 aromatic carbocycles. The number of carbonyl (C=O) groups excluding carboxylic acids is 1. The molecule has 0 aliphatic carbocycles. The van der Waals surface area contributed by atoms with Crippen LogP contribution in [0.25, 0.3) is 21.3 Å². The van der Waals surface area contributed by atoms with Crippen molar-refractivity contribution in [3.05, 3.63) is 66.2 Å². The predicted molar refractivity (Wildman–Crippen MR) is 87.1 cm³/mol. The minimum absolute atomic E-state index is 0.179. The van der Waals surface area contributed by atoms with Crippen LogP contribution >= 0.6 is 11.3 Å². The van der Waals surface area contributed by atoms with E-state index in [4.69, 9.17) is 0 Å². The average Bonchev–Trinajstić information content (AvgIpc) is 3.00. The maximum absolute atomic E-state index is 11.1. The van der Waals surface area contributed by atoms with Crippen LogP contribution in [0.4, 0.5) is 0 Å². The molecule has 2 aromatic heterocycles. The molecule has 4 heteroatoms. The first kappa shape index (κ1) is 13.5. The number of nitrogens with zero attached hydrogens (tertiary/aromatic N) is 1. The molecule has 1 N–H and O–H groups in total. The molecule has 0 atom stereocenters. The second kappa shape index (κ2) is 5.89. The van der Waals surface area contributed by atoms with E-state index in [-0.39, 0.29) is 5.91 Å². The SMILES string of the molecule is C=CC(=O)NCc1ccc(-c2ccc3sccc3c2)nc1. The second-order valence-corrected chi connectivity index (χ2v) is 5.59. The van der Waals surface area contributed by atoms with E-state index in [0.29, 0.717) is 6.54 Å². The number of hydrogen-bond acceptors (Lipinski definition) is 3. The molecule has 3 rings (SSSR count). The number of hydrogen-bond donors (Lipinski definition) is 1. The van der Waals surface area contributed by atoms with Crippen molar-refractivity contribution in [3.63, 3.8) is 0 Å². The highest BCUT2D eigenvalue weighted by Gasteiger charge is 2.03. The fraction of sp³-hybridized carbons (Fsp3) is 0.0588. The van der Waals surface area contributed by atoms with E-state index in [1.807, 2.05) is 12.1 Å². The number of thiophene rings is 1. The summed E-state index contributed by atoms with van der Waals surface area (Å²) >= 11 is 1.74. The van der Waals surface area contributed by atoms with Gasteiger partial charge in [0.1, 0.15) is 0 Å². The lowest BCUT2D eigenvalue weighted by Crippen LogP contribution is -2.19. The van der Waals surface area contributed by atoms with Crippen LogP contribution in [0.3, 0.4) is 0 Å². The maximum Gasteiger partial charge on any atom is 0.243 e. The number of aromatic nitrogens is 1. The number of nitrogens with one attached hydrogen (secondary N) is 1. The fourth-order valence-electron chi connectivity index (χ4n) is 2.09. The van der Waals surface area contributed by atoms with E-state index in [9.17, 15) is 4.79 Å². The Morgan fingerprint density at radius 2 is 2.19 bits per heavy atom. The first-order valence-corrected chi connectivity index (χ1v) is 7.47. The zero-order valence-corrected chi connectivity index (χ0v) is 12.2. The van der Waals surface area contributed by atoms with Crippen LogP contribution in [0.5, 0.6) is 0 Å². The van der Waals surface area contributed by atoms with Crippen molar-refractivity contribution in [1.29, 1.82) is 0 Å². The molecule has 21 heavy (non-hydrogen) atoms. The van der Waals surface area contributed by atoms with Gasteiger partial charge in [-0.25, -0.2) is 0 Å². The second-order valence-electron chi connectivity index (χ2n) is 4.65. The highest BCUT2D eigenvalue weighted by Crippen LogP contribution is 2.26. The normalized spacial score (nSPS) is 10.5. The van der Waals surface area contributed by atoms with Gasteiger partial charge in [-0.05, 0) is 46.7 Å². The molecule has 0 fully saturated rings. The molecular weight excluding hydrogens is 280 g/mol. The standard InChI is InChI=1S/C17H14N2OS/c1-2-17(20)19-11-12-3-5-15(18-10-12)13-4-6-16-14(9-13)7-8-21-16/h2-10H,1,11H2,(H,19,20). The Morgan fingerprint density at radius 3 is 2.95 bits per heavy atom. The topological polar surface area (TPSA) is 42.0 Å². The van der Waals surface area contributed by atoms with Gasteiger partial charge in [-0.2, -0.15) is 0 Å². The van der Waals surface area contributed by atoms with Gasteiger partial charge in [0.2, 0.25) is 5.91 Å². The Morgan fingerprint density at radius 1 is 1.29 bits per heavy atom. The van der Waals surface area contributed by atoms with E-state index >= 15 is 0 Å². The Balaban J connectivity index is 1.79. The third-order valence-corrected chi connectivity index (χ3v) is 4.12. The molecular formula is C17H14N2OS. The molecule has 0 aliphatic heterocycles. The fourth-order valence-corrected chi connectivity index (χ4v) is 2.86. The third kappa shape index (κ3) is 3.01. The van der Waals surface area contributed by atoms with Crippen LogP contribution in [0.1, 0.15) is 5.56 Å². The smallest absolute Gasteiger partial charge is 0.243 e. The number of carbonyl (C=O) groups is 1. The van der Waals surface area contributed by atoms with Gasteiger partial charge in [-0.15, -0.1) is 11.3 Å². The van der Waals surface area contributed by atoms with E-state index < -0.39 is 0 Å². The predicted octanol–water partition coefficient (Wildman–Crippen LogP) is 3.77. The van der Waals surface area contributed by atoms with Crippen LogP contribution < -0.4 is 5.32 Å². The highest BCUT2D eigenvalue weighted by molar-refractivity contribution is 7.17. The van der Waals surface area contributed by atoms with Crippen LogP contribution in [0.2, 0.25) is 0 Å². The van der Waals surface area contributed by atoms with Crippen molar-refractivity contribution in [3.8, 4) is 11.3 Å². The number of amides is 1. The summed E-state index contributed by atoms with van der Waals surface area (Å²) in [6.07, 6.45) is 3.05. The van der Waals surface area contributed by atoms with Crippen LogP contribution in [0, 0.1) is 0 Å². The largest absolute Gasteiger partial charge is 0.348 e. The molecule has 104 valence electrons. The summed E-state index contributed by atoms with van der Waals surface area (Å²) in [5, 5.41) is 6.06. The quantitative estimate of drug-likeness (QED) is 0.744. The van der Waals surface area contributed by atoms with Gasteiger partial charge < -0.3 is 5.32 Å². The van der Waals surface area contributed by atoms with Gasteiger partial charge in [0.05, 0.1) is 5.69 Å². The number of benzene rings is 1. The minimum atomic E-state index is -0.179. The zero-order valence-electron chi connectivity index (χ0n) is 11.4. The molecule has 0 saturated heterocycles. The number of fused-ring (bicyclic) bond motifs is 1. The molecule has 1 amide bonds. The number of rotatable bonds is 4. The summed E-state index contributed by atoms with van der Waals surface area (Å²) < 4.78 is 1.28. The van der Waals surface area contributed by atoms with Crippen molar-refractivity contribution in [2.75, 3.05) is 0 Å².